The molecule has 0 spiro atoms. The lowest BCUT2D eigenvalue weighted by Gasteiger charge is -2.06. The summed E-state index contributed by atoms with van der Waals surface area (Å²) in [4.78, 5) is 8.31. The van der Waals surface area contributed by atoms with Crippen molar-refractivity contribution >= 4 is 17.3 Å². The van der Waals surface area contributed by atoms with Gasteiger partial charge in [0.1, 0.15) is 6.61 Å². The standard InChI is InChI=1S/C13H13N5O/c14-10-11(15)18-7-6-16-13(12(18)17-10)19-8-9-4-2-1-3-5-9/h1-7H,8,14-15H2. The number of anilines is 2. The van der Waals surface area contributed by atoms with Gasteiger partial charge >= 0.3 is 0 Å². The Hall–Kier alpha value is -2.76. The first-order chi connectivity index (χ1) is 9.25. The Kier molecular flexibility index (Phi) is 2.68. The van der Waals surface area contributed by atoms with Crippen molar-refractivity contribution in [3.05, 3.63) is 48.3 Å². The van der Waals surface area contributed by atoms with Crippen molar-refractivity contribution in [1.82, 2.24) is 14.4 Å². The van der Waals surface area contributed by atoms with Crippen LogP contribution in [0.25, 0.3) is 5.65 Å². The molecule has 19 heavy (non-hydrogen) atoms. The summed E-state index contributed by atoms with van der Waals surface area (Å²) in [5.41, 5.74) is 13.1. The van der Waals surface area contributed by atoms with E-state index in [1.165, 1.54) is 0 Å². The number of rotatable bonds is 3. The molecule has 0 atom stereocenters. The molecule has 3 aromatic rings. The van der Waals surface area contributed by atoms with E-state index in [-0.39, 0.29) is 5.82 Å². The lowest BCUT2D eigenvalue weighted by atomic mass is 10.2. The highest BCUT2D eigenvalue weighted by Crippen LogP contribution is 2.23. The third kappa shape index (κ3) is 2.03. The minimum atomic E-state index is 0.276. The number of aromatic nitrogens is 3. The summed E-state index contributed by atoms with van der Waals surface area (Å²) in [6.45, 7) is 0.417. The monoisotopic (exact) mass is 255 g/mol. The van der Waals surface area contributed by atoms with Gasteiger partial charge in [-0.25, -0.2) is 9.97 Å². The topological polar surface area (TPSA) is 91.5 Å². The van der Waals surface area contributed by atoms with E-state index in [1.54, 1.807) is 16.8 Å². The Morgan fingerprint density at radius 1 is 1.16 bits per heavy atom. The third-order valence-electron chi connectivity index (χ3n) is 2.79. The van der Waals surface area contributed by atoms with Crippen LogP contribution in [0.1, 0.15) is 5.56 Å². The lowest BCUT2D eigenvalue weighted by Crippen LogP contribution is -2.00. The zero-order valence-electron chi connectivity index (χ0n) is 10.2. The molecule has 0 saturated carbocycles. The predicted octanol–water partition coefficient (Wildman–Crippen LogP) is 1.47. The summed E-state index contributed by atoms with van der Waals surface area (Å²) in [7, 11) is 0. The smallest absolute Gasteiger partial charge is 0.258 e. The number of ether oxygens (including phenoxy) is 1. The van der Waals surface area contributed by atoms with Crippen molar-refractivity contribution in [2.24, 2.45) is 0 Å². The van der Waals surface area contributed by atoms with E-state index in [0.29, 0.717) is 24.0 Å². The van der Waals surface area contributed by atoms with Gasteiger partial charge in [0, 0.05) is 12.4 Å². The highest BCUT2D eigenvalue weighted by molar-refractivity contribution is 5.66. The summed E-state index contributed by atoms with van der Waals surface area (Å²) < 4.78 is 7.32. The van der Waals surface area contributed by atoms with E-state index < -0.39 is 0 Å². The second-order valence-corrected chi connectivity index (χ2v) is 4.08. The van der Waals surface area contributed by atoms with Crippen molar-refractivity contribution in [3.63, 3.8) is 0 Å². The molecule has 0 bridgehead atoms. The number of benzene rings is 1. The molecule has 0 aliphatic rings. The first-order valence-electron chi connectivity index (χ1n) is 5.80. The number of hydrogen-bond acceptors (Lipinski definition) is 5. The minimum Gasteiger partial charge on any atom is -0.470 e. The Morgan fingerprint density at radius 3 is 2.74 bits per heavy atom. The SMILES string of the molecule is Nc1nc2c(OCc3ccccc3)nccn2c1N. The van der Waals surface area contributed by atoms with Crippen LogP contribution in [0.2, 0.25) is 0 Å². The molecular weight excluding hydrogens is 242 g/mol. The molecule has 0 unspecified atom stereocenters. The van der Waals surface area contributed by atoms with Gasteiger partial charge in [-0.1, -0.05) is 30.3 Å². The largest absolute Gasteiger partial charge is 0.470 e. The van der Waals surface area contributed by atoms with Gasteiger partial charge in [0.25, 0.3) is 5.88 Å². The van der Waals surface area contributed by atoms with Gasteiger partial charge in [-0.3, -0.25) is 4.40 Å². The second-order valence-electron chi connectivity index (χ2n) is 4.08. The zero-order valence-corrected chi connectivity index (χ0v) is 10.2. The minimum absolute atomic E-state index is 0.276. The summed E-state index contributed by atoms with van der Waals surface area (Å²) in [6.07, 6.45) is 3.30. The van der Waals surface area contributed by atoms with Crippen LogP contribution in [0.3, 0.4) is 0 Å². The summed E-state index contributed by atoms with van der Waals surface area (Å²) in [5.74, 6) is 1.08. The fourth-order valence-corrected chi connectivity index (χ4v) is 1.82. The van der Waals surface area contributed by atoms with E-state index in [1.807, 2.05) is 30.3 Å². The molecule has 3 rings (SSSR count). The number of nitrogens with two attached hydrogens (primary N) is 2. The zero-order chi connectivity index (χ0) is 13.2. The average molecular weight is 255 g/mol. The Balaban J connectivity index is 1.91. The van der Waals surface area contributed by atoms with Crippen LogP contribution in [0.15, 0.2) is 42.7 Å². The molecule has 1 aromatic carbocycles. The molecule has 0 aliphatic heterocycles. The molecule has 0 radical (unpaired) electrons. The number of hydrogen-bond donors (Lipinski definition) is 2. The fraction of sp³-hybridized carbons (Fsp3) is 0.0769. The highest BCUT2D eigenvalue weighted by Gasteiger charge is 2.11. The molecule has 0 saturated heterocycles. The molecule has 4 N–H and O–H groups in total. The van der Waals surface area contributed by atoms with E-state index in [9.17, 15) is 0 Å². The molecule has 6 nitrogen and oxygen atoms in total. The van der Waals surface area contributed by atoms with Crippen LogP contribution in [-0.2, 0) is 6.61 Å². The second kappa shape index (κ2) is 4.49. The van der Waals surface area contributed by atoms with Gasteiger partial charge in [0.15, 0.2) is 11.6 Å². The molecule has 0 fully saturated rings. The number of nitrogen functional groups attached to an aromatic ring is 2. The molecule has 0 aliphatic carbocycles. The van der Waals surface area contributed by atoms with E-state index in [2.05, 4.69) is 9.97 Å². The van der Waals surface area contributed by atoms with Gasteiger partial charge in [-0.05, 0) is 5.56 Å². The predicted molar refractivity (Wildman–Crippen MR) is 72.6 cm³/mol. The summed E-state index contributed by atoms with van der Waals surface area (Å²) in [6, 6.07) is 9.83. The van der Waals surface area contributed by atoms with E-state index in [0.717, 1.165) is 5.56 Å². The van der Waals surface area contributed by atoms with Crippen LogP contribution < -0.4 is 16.2 Å². The Labute approximate surface area is 109 Å². The number of fused-ring (bicyclic) bond motifs is 1. The first kappa shape index (κ1) is 11.3. The van der Waals surface area contributed by atoms with Gasteiger partial charge < -0.3 is 16.2 Å². The Bertz CT molecular complexity index is 708. The molecule has 0 amide bonds. The van der Waals surface area contributed by atoms with Crippen molar-refractivity contribution in [2.45, 2.75) is 6.61 Å². The maximum Gasteiger partial charge on any atom is 0.258 e. The molecule has 2 aromatic heterocycles. The van der Waals surface area contributed by atoms with Gasteiger partial charge in [0.2, 0.25) is 5.65 Å². The molecule has 96 valence electrons. The maximum absolute atomic E-state index is 5.81. The normalized spacial score (nSPS) is 10.7. The highest BCUT2D eigenvalue weighted by atomic mass is 16.5. The van der Waals surface area contributed by atoms with Crippen LogP contribution in [0.5, 0.6) is 5.88 Å². The molecule has 6 heteroatoms. The van der Waals surface area contributed by atoms with Crippen LogP contribution >= 0.6 is 0 Å². The summed E-state index contributed by atoms with van der Waals surface area (Å²) in [5, 5.41) is 0. The van der Waals surface area contributed by atoms with E-state index >= 15 is 0 Å². The van der Waals surface area contributed by atoms with Crippen molar-refractivity contribution in [3.8, 4) is 5.88 Å². The molecule has 2 heterocycles. The van der Waals surface area contributed by atoms with Crippen LogP contribution in [0.4, 0.5) is 11.6 Å². The fourth-order valence-electron chi connectivity index (χ4n) is 1.82. The number of nitrogens with zero attached hydrogens (tertiary/aromatic N) is 3. The van der Waals surface area contributed by atoms with E-state index in [4.69, 9.17) is 16.2 Å². The lowest BCUT2D eigenvalue weighted by molar-refractivity contribution is 0.296. The van der Waals surface area contributed by atoms with Crippen molar-refractivity contribution in [1.29, 1.82) is 0 Å². The van der Waals surface area contributed by atoms with Crippen molar-refractivity contribution < 1.29 is 4.74 Å². The Morgan fingerprint density at radius 2 is 1.95 bits per heavy atom. The van der Waals surface area contributed by atoms with Crippen LogP contribution in [0, 0.1) is 0 Å². The third-order valence-corrected chi connectivity index (χ3v) is 2.79. The van der Waals surface area contributed by atoms with Gasteiger partial charge in [0.05, 0.1) is 0 Å². The number of imidazole rings is 1. The van der Waals surface area contributed by atoms with Gasteiger partial charge in [-0.2, -0.15) is 0 Å². The summed E-state index contributed by atoms with van der Waals surface area (Å²) >= 11 is 0. The van der Waals surface area contributed by atoms with Gasteiger partial charge in [-0.15, -0.1) is 0 Å². The molecular formula is C13H13N5O. The first-order valence-corrected chi connectivity index (χ1v) is 5.80. The van der Waals surface area contributed by atoms with Crippen LogP contribution in [-0.4, -0.2) is 14.4 Å². The van der Waals surface area contributed by atoms with Crippen molar-refractivity contribution in [2.75, 3.05) is 11.5 Å². The maximum atomic E-state index is 5.81. The average Bonchev–Trinajstić information content (AvgIpc) is 2.74. The quantitative estimate of drug-likeness (QED) is 0.739.